The maximum atomic E-state index is 13.6. The molecule has 0 radical (unpaired) electrons. The number of methoxy groups -OCH3 is 1. The molecule has 0 spiro atoms. The Hall–Kier alpha value is -1.12. The van der Waals surface area contributed by atoms with E-state index in [-0.39, 0.29) is 9.90 Å². The van der Waals surface area contributed by atoms with E-state index in [0.29, 0.717) is 10.2 Å². The summed E-state index contributed by atoms with van der Waals surface area (Å²) in [4.78, 5) is 0. The maximum Gasteiger partial charge on any atom is 0.272 e. The predicted octanol–water partition coefficient (Wildman–Crippen LogP) is 3.46. The summed E-state index contributed by atoms with van der Waals surface area (Å²) in [6.45, 7) is 0. The van der Waals surface area contributed by atoms with Gasteiger partial charge in [-0.2, -0.15) is 0 Å². The number of sulfonamides is 1. The molecule has 102 valence electrons. The van der Waals surface area contributed by atoms with Crippen molar-refractivity contribution in [2.45, 2.75) is 4.21 Å². The molecule has 4 nitrogen and oxygen atoms in total. The highest BCUT2D eigenvalue weighted by atomic mass is 79.9. The first kappa shape index (κ1) is 14.3. The Morgan fingerprint density at radius 3 is 2.68 bits per heavy atom. The minimum absolute atomic E-state index is 0.0923. The number of hydrogen-bond acceptors (Lipinski definition) is 4. The fraction of sp³-hybridized carbons (Fsp3) is 0.0909. The van der Waals surface area contributed by atoms with Crippen LogP contribution < -0.4 is 9.46 Å². The number of nitrogens with one attached hydrogen (secondary N) is 1. The van der Waals surface area contributed by atoms with E-state index in [1.807, 2.05) is 0 Å². The summed E-state index contributed by atoms with van der Waals surface area (Å²) >= 11 is 4.18. The Morgan fingerprint density at radius 1 is 1.37 bits per heavy atom. The SMILES string of the molecule is COc1ccc(F)c(NS(=O)(=O)c2sccc2Br)c1. The number of benzene rings is 1. The second-order valence-electron chi connectivity index (χ2n) is 3.51. The van der Waals surface area contributed by atoms with Crippen LogP contribution in [0.4, 0.5) is 10.1 Å². The minimum atomic E-state index is -3.82. The molecule has 0 unspecified atom stereocenters. The average molecular weight is 366 g/mol. The second-order valence-corrected chi connectivity index (χ2v) is 7.16. The number of anilines is 1. The van der Waals surface area contributed by atoms with Gasteiger partial charge in [0.25, 0.3) is 10.0 Å². The van der Waals surface area contributed by atoms with Gasteiger partial charge in [0, 0.05) is 10.5 Å². The largest absolute Gasteiger partial charge is 0.497 e. The molecule has 2 aromatic rings. The molecule has 0 bridgehead atoms. The van der Waals surface area contributed by atoms with Crippen LogP contribution in [0.5, 0.6) is 5.75 Å². The van der Waals surface area contributed by atoms with Gasteiger partial charge < -0.3 is 4.74 Å². The molecule has 8 heteroatoms. The Morgan fingerprint density at radius 2 is 2.11 bits per heavy atom. The molecule has 0 atom stereocenters. The Bertz CT molecular complexity index is 700. The third kappa shape index (κ3) is 3.07. The molecular weight excluding hydrogens is 357 g/mol. The van der Waals surface area contributed by atoms with Gasteiger partial charge >= 0.3 is 0 Å². The Balaban J connectivity index is 2.38. The van der Waals surface area contributed by atoms with Crippen LogP contribution in [0.1, 0.15) is 0 Å². The summed E-state index contributed by atoms with van der Waals surface area (Å²) in [5.41, 5.74) is -0.153. The number of halogens is 2. The monoisotopic (exact) mass is 365 g/mol. The van der Waals surface area contributed by atoms with Crippen molar-refractivity contribution in [3.8, 4) is 5.75 Å². The van der Waals surface area contributed by atoms with Crippen LogP contribution in [0.15, 0.2) is 38.3 Å². The Kier molecular flexibility index (Phi) is 4.12. The van der Waals surface area contributed by atoms with E-state index in [9.17, 15) is 12.8 Å². The molecule has 0 fully saturated rings. The quantitative estimate of drug-likeness (QED) is 0.902. The first-order chi connectivity index (χ1) is 8.94. The zero-order valence-corrected chi connectivity index (χ0v) is 12.9. The maximum absolute atomic E-state index is 13.6. The lowest BCUT2D eigenvalue weighted by Crippen LogP contribution is -2.13. The van der Waals surface area contributed by atoms with Gasteiger partial charge in [0.05, 0.1) is 12.8 Å². The Labute approximate surface area is 122 Å². The van der Waals surface area contributed by atoms with Gasteiger partial charge in [0.2, 0.25) is 0 Å². The van der Waals surface area contributed by atoms with Crippen molar-refractivity contribution in [1.82, 2.24) is 0 Å². The highest BCUT2D eigenvalue weighted by molar-refractivity contribution is 9.10. The molecule has 0 aliphatic heterocycles. The molecule has 1 heterocycles. The van der Waals surface area contributed by atoms with Gasteiger partial charge in [0.15, 0.2) is 4.21 Å². The normalized spacial score (nSPS) is 11.3. The van der Waals surface area contributed by atoms with E-state index in [1.165, 1.54) is 19.2 Å². The lowest BCUT2D eigenvalue weighted by atomic mass is 10.3. The number of ether oxygens (including phenoxy) is 1. The average Bonchev–Trinajstić information content (AvgIpc) is 2.79. The molecule has 2 rings (SSSR count). The van der Waals surface area contributed by atoms with E-state index in [2.05, 4.69) is 20.7 Å². The molecule has 1 aromatic carbocycles. The van der Waals surface area contributed by atoms with Gasteiger partial charge in [-0.25, -0.2) is 12.8 Å². The van der Waals surface area contributed by atoms with Gasteiger partial charge in [-0.15, -0.1) is 11.3 Å². The van der Waals surface area contributed by atoms with Crippen molar-refractivity contribution in [2.24, 2.45) is 0 Å². The smallest absolute Gasteiger partial charge is 0.272 e. The molecule has 0 saturated carbocycles. The molecule has 1 N–H and O–H groups in total. The first-order valence-electron chi connectivity index (χ1n) is 5.03. The van der Waals surface area contributed by atoms with Crippen LogP contribution in [-0.2, 0) is 10.0 Å². The molecule has 1 aromatic heterocycles. The first-order valence-corrected chi connectivity index (χ1v) is 8.19. The second kappa shape index (κ2) is 5.48. The van der Waals surface area contributed by atoms with E-state index >= 15 is 0 Å². The third-order valence-electron chi connectivity index (χ3n) is 2.25. The van der Waals surface area contributed by atoms with Gasteiger partial charge in [-0.05, 0) is 39.5 Å². The third-order valence-corrected chi connectivity index (χ3v) is 6.28. The van der Waals surface area contributed by atoms with E-state index < -0.39 is 15.8 Å². The van der Waals surface area contributed by atoms with Crippen molar-refractivity contribution in [1.29, 1.82) is 0 Å². The topological polar surface area (TPSA) is 55.4 Å². The van der Waals surface area contributed by atoms with Crippen LogP contribution in [0.3, 0.4) is 0 Å². The summed E-state index contributed by atoms with van der Waals surface area (Å²) in [6.07, 6.45) is 0. The highest BCUT2D eigenvalue weighted by Gasteiger charge is 2.21. The molecular formula is C11H9BrFNO3S2. The molecule has 19 heavy (non-hydrogen) atoms. The number of thiophene rings is 1. The standard InChI is InChI=1S/C11H9BrFNO3S2/c1-17-7-2-3-9(13)10(6-7)14-19(15,16)11-8(12)4-5-18-11/h2-6,14H,1H3. The summed E-state index contributed by atoms with van der Waals surface area (Å²) in [7, 11) is -2.40. The molecule has 0 aliphatic carbocycles. The molecule has 0 aliphatic rings. The summed E-state index contributed by atoms with van der Waals surface area (Å²) < 4.78 is 45.4. The van der Waals surface area contributed by atoms with Crippen LogP contribution >= 0.6 is 27.3 Å². The molecule has 0 saturated heterocycles. The fourth-order valence-electron chi connectivity index (χ4n) is 1.37. The zero-order chi connectivity index (χ0) is 14.0. The number of rotatable bonds is 4. The fourth-order valence-corrected chi connectivity index (χ4v) is 4.77. The van der Waals surface area contributed by atoms with Gasteiger partial charge in [-0.3, -0.25) is 4.72 Å². The van der Waals surface area contributed by atoms with E-state index in [1.54, 1.807) is 11.4 Å². The predicted molar refractivity (Wildman–Crippen MR) is 75.8 cm³/mol. The lowest BCUT2D eigenvalue weighted by Gasteiger charge is -2.09. The lowest BCUT2D eigenvalue weighted by molar-refractivity contribution is 0.414. The summed E-state index contributed by atoms with van der Waals surface area (Å²) in [5.74, 6) is -0.304. The summed E-state index contributed by atoms with van der Waals surface area (Å²) in [5, 5.41) is 1.63. The van der Waals surface area contributed by atoms with Gasteiger partial charge in [-0.1, -0.05) is 0 Å². The van der Waals surface area contributed by atoms with Crippen molar-refractivity contribution in [2.75, 3.05) is 11.8 Å². The summed E-state index contributed by atoms with van der Waals surface area (Å²) in [6, 6.07) is 5.45. The van der Waals surface area contributed by atoms with Crippen LogP contribution in [0, 0.1) is 5.82 Å². The van der Waals surface area contributed by atoms with Crippen LogP contribution in [0.2, 0.25) is 0 Å². The zero-order valence-electron chi connectivity index (χ0n) is 9.68. The number of hydrogen-bond donors (Lipinski definition) is 1. The van der Waals surface area contributed by atoms with Crippen LogP contribution in [0.25, 0.3) is 0 Å². The minimum Gasteiger partial charge on any atom is -0.497 e. The van der Waals surface area contributed by atoms with Crippen molar-refractivity contribution >= 4 is 43.0 Å². The van der Waals surface area contributed by atoms with Crippen molar-refractivity contribution in [3.63, 3.8) is 0 Å². The van der Waals surface area contributed by atoms with E-state index in [4.69, 9.17) is 4.74 Å². The highest BCUT2D eigenvalue weighted by Crippen LogP contribution is 2.30. The van der Waals surface area contributed by atoms with Crippen LogP contribution in [-0.4, -0.2) is 15.5 Å². The van der Waals surface area contributed by atoms with Crippen molar-refractivity contribution in [3.05, 3.63) is 39.9 Å². The molecule has 0 amide bonds. The van der Waals surface area contributed by atoms with Crippen molar-refractivity contribution < 1.29 is 17.5 Å². The van der Waals surface area contributed by atoms with E-state index in [0.717, 1.165) is 17.4 Å². The van der Waals surface area contributed by atoms with Gasteiger partial charge in [0.1, 0.15) is 11.6 Å².